The summed E-state index contributed by atoms with van der Waals surface area (Å²) < 4.78 is 0. The van der Waals surface area contributed by atoms with Gasteiger partial charge < -0.3 is 5.11 Å². The van der Waals surface area contributed by atoms with Crippen LogP contribution in [0.3, 0.4) is 0 Å². The molecule has 1 amide bonds. The second kappa shape index (κ2) is 5.69. The number of amides is 1. The number of nitrogens with one attached hydrogen (secondary N) is 1. The van der Waals surface area contributed by atoms with Crippen molar-refractivity contribution in [1.29, 1.82) is 0 Å². The van der Waals surface area contributed by atoms with Gasteiger partial charge in [0, 0.05) is 11.8 Å². The molecule has 0 aliphatic carbocycles. The van der Waals surface area contributed by atoms with Gasteiger partial charge in [-0.2, -0.15) is 5.10 Å². The minimum absolute atomic E-state index is 0.428. The van der Waals surface area contributed by atoms with Crippen LogP contribution < -0.4 is 11.0 Å². The Labute approximate surface area is 125 Å². The summed E-state index contributed by atoms with van der Waals surface area (Å²) in [6.45, 7) is 0. The van der Waals surface area contributed by atoms with Gasteiger partial charge in [-0.3, -0.25) is 4.79 Å². The molecule has 0 atom stereocenters. The van der Waals surface area contributed by atoms with E-state index in [4.69, 9.17) is 5.11 Å². The lowest BCUT2D eigenvalue weighted by molar-refractivity contribution is 0.205. The highest BCUT2D eigenvalue weighted by molar-refractivity contribution is 5.84. The molecule has 2 aromatic carbocycles. The zero-order valence-electron chi connectivity index (χ0n) is 11.6. The summed E-state index contributed by atoms with van der Waals surface area (Å²) >= 11 is 0. The molecular weight excluding hydrogens is 282 g/mol. The molecule has 110 valence electrons. The summed E-state index contributed by atoms with van der Waals surface area (Å²) in [7, 11) is 0. The van der Waals surface area contributed by atoms with E-state index in [1.807, 2.05) is 47.9 Å². The lowest BCUT2D eigenvalue weighted by Gasteiger charge is -2.10. The van der Waals surface area contributed by atoms with Crippen molar-refractivity contribution in [3.05, 3.63) is 76.2 Å². The number of hydrogen-bond acceptors (Lipinski definition) is 3. The van der Waals surface area contributed by atoms with Crippen molar-refractivity contribution in [2.24, 2.45) is 0 Å². The second-order valence-electron chi connectivity index (χ2n) is 4.79. The summed E-state index contributed by atoms with van der Waals surface area (Å²) in [4.78, 5) is 23.8. The molecule has 0 bridgehead atoms. The maximum Gasteiger partial charge on any atom is 0.425 e. The third kappa shape index (κ3) is 2.67. The lowest BCUT2D eigenvalue weighted by atomic mass is 10.0. The zero-order valence-corrected chi connectivity index (χ0v) is 11.6. The normalized spacial score (nSPS) is 10.5. The number of carbonyl (C=O) groups is 1. The fourth-order valence-electron chi connectivity index (χ4n) is 2.34. The van der Waals surface area contributed by atoms with Gasteiger partial charge in [0.25, 0.3) is 5.56 Å². The minimum atomic E-state index is -1.34. The van der Waals surface area contributed by atoms with Crippen LogP contribution in [-0.4, -0.2) is 21.1 Å². The van der Waals surface area contributed by atoms with Crippen LogP contribution in [0.15, 0.2) is 59.4 Å². The van der Waals surface area contributed by atoms with Crippen LogP contribution in [0.5, 0.6) is 0 Å². The standard InChI is InChI=1S/C16H13N3O3/c20-15-13-9-5-4-8-12(13)14(17-19(15)18-16(21)22)10-11-6-2-1-3-7-11/h1-9,18H,10H2,(H,21,22). The van der Waals surface area contributed by atoms with E-state index in [1.54, 1.807) is 12.1 Å². The molecule has 0 aliphatic rings. The predicted molar refractivity (Wildman–Crippen MR) is 82.6 cm³/mol. The van der Waals surface area contributed by atoms with E-state index in [1.165, 1.54) is 0 Å². The maximum absolute atomic E-state index is 12.2. The fraction of sp³-hybridized carbons (Fsp3) is 0.0625. The van der Waals surface area contributed by atoms with Crippen molar-refractivity contribution in [1.82, 2.24) is 9.89 Å². The van der Waals surface area contributed by atoms with Gasteiger partial charge in [0.15, 0.2) is 0 Å². The fourth-order valence-corrected chi connectivity index (χ4v) is 2.34. The average Bonchev–Trinajstić information content (AvgIpc) is 2.52. The van der Waals surface area contributed by atoms with Gasteiger partial charge in [0.2, 0.25) is 0 Å². The van der Waals surface area contributed by atoms with Crippen LogP contribution in [0, 0.1) is 0 Å². The van der Waals surface area contributed by atoms with E-state index in [-0.39, 0.29) is 0 Å². The third-order valence-corrected chi connectivity index (χ3v) is 3.30. The molecule has 0 saturated carbocycles. The van der Waals surface area contributed by atoms with Gasteiger partial charge >= 0.3 is 6.09 Å². The SMILES string of the molecule is O=C(O)Nn1nc(Cc2ccccc2)c2ccccc2c1=O. The van der Waals surface area contributed by atoms with E-state index < -0.39 is 11.7 Å². The van der Waals surface area contributed by atoms with Crippen molar-refractivity contribution in [2.75, 3.05) is 5.43 Å². The first-order chi connectivity index (χ1) is 10.6. The van der Waals surface area contributed by atoms with Crippen molar-refractivity contribution >= 4 is 16.9 Å². The van der Waals surface area contributed by atoms with Gasteiger partial charge in [-0.1, -0.05) is 48.5 Å². The van der Waals surface area contributed by atoms with Gasteiger partial charge in [-0.25, -0.2) is 10.2 Å². The minimum Gasteiger partial charge on any atom is -0.464 e. The number of fused-ring (bicyclic) bond motifs is 1. The quantitative estimate of drug-likeness (QED) is 0.776. The highest BCUT2D eigenvalue weighted by Gasteiger charge is 2.12. The van der Waals surface area contributed by atoms with Gasteiger partial charge in [0.1, 0.15) is 0 Å². The average molecular weight is 295 g/mol. The molecule has 0 unspecified atom stereocenters. The molecular formula is C16H13N3O3. The number of aromatic nitrogens is 2. The summed E-state index contributed by atoms with van der Waals surface area (Å²) in [5.74, 6) is 0. The van der Waals surface area contributed by atoms with E-state index in [0.29, 0.717) is 17.5 Å². The van der Waals surface area contributed by atoms with Crippen molar-refractivity contribution in [2.45, 2.75) is 6.42 Å². The molecule has 1 heterocycles. The molecule has 0 saturated heterocycles. The van der Waals surface area contributed by atoms with Crippen molar-refractivity contribution < 1.29 is 9.90 Å². The number of rotatable bonds is 3. The zero-order chi connectivity index (χ0) is 15.5. The van der Waals surface area contributed by atoms with Crippen LogP contribution >= 0.6 is 0 Å². The number of carboxylic acid groups (broad SMARTS) is 1. The number of nitrogens with zero attached hydrogens (tertiary/aromatic N) is 2. The third-order valence-electron chi connectivity index (χ3n) is 3.30. The Bertz CT molecular complexity index is 888. The Kier molecular flexibility index (Phi) is 3.57. The van der Waals surface area contributed by atoms with Crippen LogP contribution in [0.25, 0.3) is 10.8 Å². The van der Waals surface area contributed by atoms with Crippen LogP contribution in [0.2, 0.25) is 0 Å². The molecule has 1 aromatic heterocycles. The molecule has 3 aromatic rings. The first-order valence-electron chi connectivity index (χ1n) is 6.70. The van der Waals surface area contributed by atoms with E-state index >= 15 is 0 Å². The molecule has 0 aliphatic heterocycles. The Morgan fingerprint density at radius 1 is 1.05 bits per heavy atom. The van der Waals surface area contributed by atoms with Gasteiger partial charge in [-0.05, 0) is 11.6 Å². The topological polar surface area (TPSA) is 84.2 Å². The Morgan fingerprint density at radius 3 is 2.36 bits per heavy atom. The maximum atomic E-state index is 12.2. The first-order valence-corrected chi connectivity index (χ1v) is 6.70. The smallest absolute Gasteiger partial charge is 0.425 e. The monoisotopic (exact) mass is 295 g/mol. The molecule has 22 heavy (non-hydrogen) atoms. The van der Waals surface area contributed by atoms with Gasteiger partial charge in [0.05, 0.1) is 11.1 Å². The first kappa shape index (κ1) is 13.8. The molecule has 0 radical (unpaired) electrons. The molecule has 3 rings (SSSR count). The second-order valence-corrected chi connectivity index (χ2v) is 4.79. The predicted octanol–water partition coefficient (Wildman–Crippen LogP) is 2.21. The van der Waals surface area contributed by atoms with Crippen molar-refractivity contribution in [3.8, 4) is 0 Å². The van der Waals surface area contributed by atoms with Crippen LogP contribution in [0.4, 0.5) is 4.79 Å². The highest BCUT2D eigenvalue weighted by Crippen LogP contribution is 2.16. The van der Waals surface area contributed by atoms with Crippen LogP contribution in [0.1, 0.15) is 11.3 Å². The Hall–Kier alpha value is -3.15. The Balaban J connectivity index is 2.17. The summed E-state index contributed by atoms with van der Waals surface area (Å²) in [5.41, 5.74) is 3.17. The molecule has 0 spiro atoms. The summed E-state index contributed by atoms with van der Waals surface area (Å²) in [5, 5.41) is 14.1. The highest BCUT2D eigenvalue weighted by atomic mass is 16.4. The van der Waals surface area contributed by atoms with Crippen LogP contribution in [-0.2, 0) is 6.42 Å². The van der Waals surface area contributed by atoms with E-state index in [0.717, 1.165) is 15.7 Å². The number of benzene rings is 2. The number of hydrogen-bond donors (Lipinski definition) is 2. The Morgan fingerprint density at radius 2 is 1.68 bits per heavy atom. The summed E-state index contributed by atoms with van der Waals surface area (Å²) in [6, 6.07) is 16.7. The summed E-state index contributed by atoms with van der Waals surface area (Å²) in [6.07, 6.45) is -0.835. The van der Waals surface area contributed by atoms with E-state index in [2.05, 4.69) is 5.10 Å². The molecule has 2 N–H and O–H groups in total. The molecule has 6 heteroatoms. The van der Waals surface area contributed by atoms with E-state index in [9.17, 15) is 9.59 Å². The largest absolute Gasteiger partial charge is 0.464 e. The molecule has 0 fully saturated rings. The van der Waals surface area contributed by atoms with Crippen molar-refractivity contribution in [3.63, 3.8) is 0 Å². The van der Waals surface area contributed by atoms with Gasteiger partial charge in [-0.15, -0.1) is 4.79 Å². The lowest BCUT2D eigenvalue weighted by Crippen LogP contribution is -2.35. The molecule has 6 nitrogen and oxygen atoms in total.